The Balaban J connectivity index is 1.54. The summed E-state index contributed by atoms with van der Waals surface area (Å²) in [5.41, 5.74) is 8.71. The van der Waals surface area contributed by atoms with Gasteiger partial charge in [-0.25, -0.2) is 0 Å². The number of nitrogens with two attached hydrogens (primary N) is 1. The highest BCUT2D eigenvalue weighted by Crippen LogP contribution is 2.37. The summed E-state index contributed by atoms with van der Waals surface area (Å²) < 4.78 is 0. The van der Waals surface area contributed by atoms with Crippen molar-refractivity contribution in [1.29, 1.82) is 5.26 Å². The zero-order chi connectivity index (χ0) is 14.0. The van der Waals surface area contributed by atoms with Crippen LogP contribution in [0.2, 0.25) is 0 Å². The van der Waals surface area contributed by atoms with Crippen LogP contribution >= 0.6 is 11.8 Å². The molecule has 1 aromatic carbocycles. The van der Waals surface area contributed by atoms with E-state index in [2.05, 4.69) is 24.3 Å². The Morgan fingerprint density at radius 1 is 1.30 bits per heavy atom. The van der Waals surface area contributed by atoms with Gasteiger partial charge in [0.05, 0.1) is 6.07 Å². The molecule has 0 bridgehead atoms. The predicted octanol–water partition coefficient (Wildman–Crippen LogP) is 3.68. The lowest BCUT2D eigenvalue weighted by Crippen LogP contribution is -2.41. The van der Waals surface area contributed by atoms with E-state index in [4.69, 9.17) is 5.73 Å². The van der Waals surface area contributed by atoms with Crippen molar-refractivity contribution in [3.8, 4) is 6.07 Å². The van der Waals surface area contributed by atoms with Gasteiger partial charge in [-0.2, -0.15) is 5.26 Å². The van der Waals surface area contributed by atoms with Gasteiger partial charge in [-0.1, -0.05) is 12.5 Å². The number of fused-ring (bicyclic) bond motifs is 1. The Morgan fingerprint density at radius 2 is 2.15 bits per heavy atom. The maximum Gasteiger partial charge on any atom is 0.107 e. The molecule has 0 radical (unpaired) electrons. The van der Waals surface area contributed by atoms with E-state index < -0.39 is 5.54 Å². The van der Waals surface area contributed by atoms with Gasteiger partial charge in [-0.3, -0.25) is 0 Å². The fourth-order valence-electron chi connectivity index (χ4n) is 3.61. The van der Waals surface area contributed by atoms with Crippen molar-refractivity contribution in [3.63, 3.8) is 0 Å². The monoisotopic (exact) mass is 286 g/mol. The van der Waals surface area contributed by atoms with Crippen LogP contribution in [-0.4, -0.2) is 11.3 Å². The molecule has 0 amide bonds. The molecule has 2 nitrogen and oxygen atoms in total. The van der Waals surface area contributed by atoms with Crippen molar-refractivity contribution < 1.29 is 0 Å². The number of benzene rings is 1. The van der Waals surface area contributed by atoms with Crippen molar-refractivity contribution in [1.82, 2.24) is 0 Å². The topological polar surface area (TPSA) is 49.8 Å². The summed E-state index contributed by atoms with van der Waals surface area (Å²) >= 11 is 1.92. The molecule has 3 heteroatoms. The van der Waals surface area contributed by atoms with E-state index >= 15 is 0 Å². The molecular weight excluding hydrogens is 264 g/mol. The standard InChI is InChI=1S/C17H22N2S/c18-12-17(19)9-2-5-15(17)8-10-20-16-7-6-13-3-1-4-14(13)11-16/h6-7,11,15H,1-5,8-10,19H2. The van der Waals surface area contributed by atoms with E-state index in [1.54, 1.807) is 5.56 Å². The van der Waals surface area contributed by atoms with E-state index in [0.717, 1.165) is 31.4 Å². The zero-order valence-electron chi connectivity index (χ0n) is 11.9. The molecule has 3 rings (SSSR count). The van der Waals surface area contributed by atoms with Gasteiger partial charge in [-0.05, 0) is 73.5 Å². The van der Waals surface area contributed by atoms with Gasteiger partial charge in [0, 0.05) is 4.90 Å². The highest BCUT2D eigenvalue weighted by molar-refractivity contribution is 7.99. The number of rotatable bonds is 4. The Hall–Kier alpha value is -0.980. The fraction of sp³-hybridized carbons (Fsp3) is 0.588. The average molecular weight is 286 g/mol. The SMILES string of the molecule is N#CC1(N)CCCC1CCSc1ccc2c(c1)CCC2. The Kier molecular flexibility index (Phi) is 4.05. The number of aryl methyl sites for hydroxylation is 2. The summed E-state index contributed by atoms with van der Waals surface area (Å²) in [6.45, 7) is 0. The highest BCUT2D eigenvalue weighted by Gasteiger charge is 2.39. The minimum Gasteiger partial charge on any atom is -0.313 e. The molecule has 1 aromatic rings. The van der Waals surface area contributed by atoms with Crippen LogP contribution in [0.5, 0.6) is 0 Å². The lowest BCUT2D eigenvalue weighted by atomic mass is 9.88. The molecule has 20 heavy (non-hydrogen) atoms. The maximum atomic E-state index is 9.24. The molecule has 2 N–H and O–H groups in total. The van der Waals surface area contributed by atoms with Gasteiger partial charge in [0.25, 0.3) is 0 Å². The first-order chi connectivity index (χ1) is 9.71. The second-order valence-electron chi connectivity index (χ2n) is 6.16. The van der Waals surface area contributed by atoms with Gasteiger partial charge >= 0.3 is 0 Å². The van der Waals surface area contributed by atoms with Crippen LogP contribution in [0.15, 0.2) is 23.1 Å². The molecular formula is C17H22N2S. The molecule has 1 saturated carbocycles. The van der Waals surface area contributed by atoms with Crippen LogP contribution in [0, 0.1) is 17.2 Å². The minimum atomic E-state index is -0.557. The number of hydrogen-bond acceptors (Lipinski definition) is 3. The molecule has 2 unspecified atom stereocenters. The van der Waals surface area contributed by atoms with Crippen LogP contribution in [0.4, 0.5) is 0 Å². The Labute approximate surface area is 125 Å². The van der Waals surface area contributed by atoms with E-state index in [0.29, 0.717) is 5.92 Å². The van der Waals surface area contributed by atoms with Crippen molar-refractivity contribution in [2.75, 3.05) is 5.75 Å². The molecule has 106 valence electrons. The minimum absolute atomic E-state index is 0.384. The van der Waals surface area contributed by atoms with Gasteiger partial charge in [-0.15, -0.1) is 11.8 Å². The summed E-state index contributed by atoms with van der Waals surface area (Å²) in [5.74, 6) is 1.46. The first kappa shape index (κ1) is 14.0. The van der Waals surface area contributed by atoms with E-state index in [1.165, 1.54) is 29.7 Å². The number of thioether (sulfide) groups is 1. The van der Waals surface area contributed by atoms with Crippen molar-refractivity contribution in [2.24, 2.45) is 11.7 Å². The Bertz CT molecular complexity index is 534. The van der Waals surface area contributed by atoms with Crippen molar-refractivity contribution in [2.45, 2.75) is 55.4 Å². The van der Waals surface area contributed by atoms with Crippen molar-refractivity contribution >= 4 is 11.8 Å². The second kappa shape index (κ2) is 5.79. The molecule has 0 saturated heterocycles. The normalized spacial score (nSPS) is 28.3. The number of hydrogen-bond donors (Lipinski definition) is 1. The van der Waals surface area contributed by atoms with Crippen LogP contribution in [0.3, 0.4) is 0 Å². The first-order valence-corrected chi connectivity index (χ1v) is 8.64. The average Bonchev–Trinajstić information content (AvgIpc) is 3.06. The molecule has 2 aliphatic carbocycles. The maximum absolute atomic E-state index is 9.24. The van der Waals surface area contributed by atoms with Crippen LogP contribution in [0.1, 0.15) is 43.2 Å². The Morgan fingerprint density at radius 3 is 3.00 bits per heavy atom. The zero-order valence-corrected chi connectivity index (χ0v) is 12.7. The van der Waals surface area contributed by atoms with Crippen molar-refractivity contribution in [3.05, 3.63) is 29.3 Å². The summed E-state index contributed by atoms with van der Waals surface area (Å²) in [6.07, 6.45) is 7.97. The summed E-state index contributed by atoms with van der Waals surface area (Å²) in [5, 5.41) is 9.24. The summed E-state index contributed by atoms with van der Waals surface area (Å²) in [4.78, 5) is 1.38. The molecule has 0 aliphatic heterocycles. The van der Waals surface area contributed by atoms with E-state index in [1.807, 2.05) is 11.8 Å². The fourth-order valence-corrected chi connectivity index (χ4v) is 4.64. The van der Waals surface area contributed by atoms with Gasteiger partial charge in [0.15, 0.2) is 0 Å². The van der Waals surface area contributed by atoms with Crippen LogP contribution in [0.25, 0.3) is 0 Å². The van der Waals surface area contributed by atoms with Gasteiger partial charge in [0.2, 0.25) is 0 Å². The van der Waals surface area contributed by atoms with Gasteiger partial charge in [0.1, 0.15) is 5.54 Å². The van der Waals surface area contributed by atoms with Crippen LogP contribution in [-0.2, 0) is 12.8 Å². The summed E-state index contributed by atoms with van der Waals surface area (Å²) in [6, 6.07) is 9.25. The molecule has 1 fully saturated rings. The summed E-state index contributed by atoms with van der Waals surface area (Å²) in [7, 11) is 0. The van der Waals surface area contributed by atoms with E-state index in [9.17, 15) is 5.26 Å². The lowest BCUT2D eigenvalue weighted by molar-refractivity contribution is 0.389. The third kappa shape index (κ3) is 2.73. The first-order valence-electron chi connectivity index (χ1n) is 7.66. The van der Waals surface area contributed by atoms with Gasteiger partial charge < -0.3 is 5.73 Å². The predicted molar refractivity (Wildman–Crippen MR) is 83.7 cm³/mol. The molecule has 2 atom stereocenters. The second-order valence-corrected chi connectivity index (χ2v) is 7.33. The highest BCUT2D eigenvalue weighted by atomic mass is 32.2. The lowest BCUT2D eigenvalue weighted by Gasteiger charge is -2.23. The number of nitriles is 1. The molecule has 0 spiro atoms. The largest absolute Gasteiger partial charge is 0.313 e. The van der Waals surface area contributed by atoms with Crippen LogP contribution < -0.4 is 5.73 Å². The molecule has 0 heterocycles. The molecule has 2 aliphatic rings. The third-order valence-corrected chi connectivity index (χ3v) is 5.91. The molecule has 0 aromatic heterocycles. The smallest absolute Gasteiger partial charge is 0.107 e. The third-order valence-electron chi connectivity index (χ3n) is 4.88. The quantitative estimate of drug-likeness (QED) is 0.859. The van der Waals surface area contributed by atoms with E-state index in [-0.39, 0.29) is 0 Å². The number of nitrogens with zero attached hydrogens (tertiary/aromatic N) is 1.